The lowest BCUT2D eigenvalue weighted by Gasteiger charge is -2.53. The molecule has 0 amide bonds. The molecule has 0 spiro atoms. The monoisotopic (exact) mass is 254 g/mol. The Kier molecular flexibility index (Phi) is 4.68. The van der Waals surface area contributed by atoms with Crippen LogP contribution in [0.4, 0.5) is 0 Å². The number of methoxy groups -OCH3 is 1. The number of nitrogens with zero attached hydrogens (tertiary/aromatic N) is 1. The fourth-order valence-electron chi connectivity index (χ4n) is 4.16. The molecule has 1 aliphatic heterocycles. The van der Waals surface area contributed by atoms with Gasteiger partial charge in [-0.25, -0.2) is 0 Å². The fraction of sp³-hybridized carbons (Fsp3) is 1.00. The van der Waals surface area contributed by atoms with Gasteiger partial charge in [0.1, 0.15) is 0 Å². The lowest BCUT2D eigenvalue weighted by atomic mass is 9.76. The van der Waals surface area contributed by atoms with Crippen molar-refractivity contribution in [1.29, 1.82) is 0 Å². The van der Waals surface area contributed by atoms with Crippen LogP contribution in [-0.2, 0) is 4.74 Å². The van der Waals surface area contributed by atoms with E-state index in [0.717, 1.165) is 18.9 Å². The first-order chi connectivity index (χ1) is 8.61. The van der Waals surface area contributed by atoms with Crippen molar-refractivity contribution < 1.29 is 4.74 Å². The highest BCUT2D eigenvalue weighted by Gasteiger charge is 2.43. The second-order valence-electron chi connectivity index (χ2n) is 6.55. The maximum absolute atomic E-state index is 6.19. The smallest absolute Gasteiger partial charge is 0.0589 e. The molecule has 0 aromatic rings. The van der Waals surface area contributed by atoms with E-state index in [9.17, 15) is 0 Å². The molecule has 1 saturated heterocycles. The van der Waals surface area contributed by atoms with Gasteiger partial charge < -0.3 is 10.5 Å². The summed E-state index contributed by atoms with van der Waals surface area (Å²) in [5.41, 5.74) is 6.39. The quantitative estimate of drug-likeness (QED) is 0.840. The van der Waals surface area contributed by atoms with Crippen LogP contribution >= 0.6 is 0 Å². The van der Waals surface area contributed by atoms with Gasteiger partial charge in [0.05, 0.1) is 6.10 Å². The summed E-state index contributed by atoms with van der Waals surface area (Å²) in [7, 11) is 1.85. The van der Waals surface area contributed by atoms with Gasteiger partial charge in [0.2, 0.25) is 0 Å². The molecule has 18 heavy (non-hydrogen) atoms. The number of hydrogen-bond donors (Lipinski definition) is 1. The summed E-state index contributed by atoms with van der Waals surface area (Å²) >= 11 is 0. The molecule has 3 nitrogen and oxygen atoms in total. The predicted octanol–water partition coefficient (Wildman–Crippen LogP) is 2.39. The summed E-state index contributed by atoms with van der Waals surface area (Å²) in [6.07, 6.45) is 7.89. The molecular formula is C15H30N2O. The second kappa shape index (κ2) is 5.89. The molecule has 0 bridgehead atoms. The van der Waals surface area contributed by atoms with E-state index < -0.39 is 0 Å². The third-order valence-corrected chi connectivity index (χ3v) is 5.24. The average Bonchev–Trinajstić information content (AvgIpc) is 2.38. The van der Waals surface area contributed by atoms with Crippen LogP contribution in [0, 0.1) is 5.92 Å². The average molecular weight is 254 g/mol. The first-order valence-electron chi connectivity index (χ1n) is 7.61. The first kappa shape index (κ1) is 14.3. The van der Waals surface area contributed by atoms with Crippen molar-refractivity contribution in [3.63, 3.8) is 0 Å². The van der Waals surface area contributed by atoms with E-state index in [1.54, 1.807) is 0 Å². The number of ether oxygens (including phenoxy) is 1. The number of piperidine rings is 1. The Morgan fingerprint density at radius 3 is 2.72 bits per heavy atom. The molecule has 0 radical (unpaired) electrons. The molecule has 3 heteroatoms. The van der Waals surface area contributed by atoms with Gasteiger partial charge in [0.15, 0.2) is 0 Å². The molecule has 0 aromatic heterocycles. The summed E-state index contributed by atoms with van der Waals surface area (Å²) in [6.45, 7) is 6.76. The highest BCUT2D eigenvalue weighted by atomic mass is 16.5. The first-order valence-corrected chi connectivity index (χ1v) is 7.61. The Morgan fingerprint density at radius 1 is 1.33 bits per heavy atom. The zero-order chi connectivity index (χ0) is 13.2. The van der Waals surface area contributed by atoms with Crippen molar-refractivity contribution in [3.05, 3.63) is 0 Å². The number of likely N-dealkylation sites (tertiary alicyclic amines) is 1. The summed E-state index contributed by atoms with van der Waals surface area (Å²) < 4.78 is 5.61. The highest BCUT2D eigenvalue weighted by Crippen LogP contribution is 2.38. The standard InChI is InChI=1S/C15H30N2O/c1-12-6-8-17(13(2)9-12)15(11-16)7-4-5-14(10-15)18-3/h12-14H,4-11,16H2,1-3H3. The highest BCUT2D eigenvalue weighted by molar-refractivity contribution is 5.00. The maximum Gasteiger partial charge on any atom is 0.0589 e. The predicted molar refractivity (Wildman–Crippen MR) is 75.6 cm³/mol. The SMILES string of the molecule is COC1CCCC(CN)(N2CCC(C)CC2C)C1. The molecule has 0 aromatic carbocycles. The Hall–Kier alpha value is -0.120. The lowest BCUT2D eigenvalue weighted by molar-refractivity contribution is -0.0539. The maximum atomic E-state index is 6.19. The molecular weight excluding hydrogens is 224 g/mol. The van der Waals surface area contributed by atoms with E-state index in [1.165, 1.54) is 38.6 Å². The number of nitrogens with two attached hydrogens (primary N) is 1. The second-order valence-corrected chi connectivity index (χ2v) is 6.55. The van der Waals surface area contributed by atoms with Crippen LogP contribution in [0.5, 0.6) is 0 Å². The van der Waals surface area contributed by atoms with E-state index in [0.29, 0.717) is 12.1 Å². The fourth-order valence-corrected chi connectivity index (χ4v) is 4.16. The molecule has 1 aliphatic carbocycles. The summed E-state index contributed by atoms with van der Waals surface area (Å²) in [4.78, 5) is 2.71. The van der Waals surface area contributed by atoms with Crippen molar-refractivity contribution >= 4 is 0 Å². The number of rotatable bonds is 3. The van der Waals surface area contributed by atoms with Gasteiger partial charge in [-0.05, 0) is 57.9 Å². The van der Waals surface area contributed by atoms with Crippen LogP contribution in [0.25, 0.3) is 0 Å². The van der Waals surface area contributed by atoms with Gasteiger partial charge in [-0.1, -0.05) is 6.92 Å². The summed E-state index contributed by atoms with van der Waals surface area (Å²) in [5, 5.41) is 0. The Morgan fingerprint density at radius 2 is 2.11 bits per heavy atom. The lowest BCUT2D eigenvalue weighted by Crippen LogP contribution is -2.61. The normalized spacial score (nSPS) is 43.0. The van der Waals surface area contributed by atoms with E-state index in [-0.39, 0.29) is 5.54 Å². The molecule has 2 rings (SSSR count). The minimum atomic E-state index is 0.207. The number of hydrogen-bond acceptors (Lipinski definition) is 3. The molecule has 106 valence electrons. The third-order valence-electron chi connectivity index (χ3n) is 5.24. The largest absolute Gasteiger partial charge is 0.381 e. The van der Waals surface area contributed by atoms with Crippen LogP contribution in [0.1, 0.15) is 52.4 Å². The summed E-state index contributed by atoms with van der Waals surface area (Å²) in [5.74, 6) is 0.868. The van der Waals surface area contributed by atoms with Crippen molar-refractivity contribution in [2.45, 2.75) is 70.1 Å². The summed E-state index contributed by atoms with van der Waals surface area (Å²) in [6, 6.07) is 0.674. The van der Waals surface area contributed by atoms with Crippen LogP contribution < -0.4 is 5.73 Å². The van der Waals surface area contributed by atoms with Crippen molar-refractivity contribution in [1.82, 2.24) is 4.90 Å². The van der Waals surface area contributed by atoms with E-state index in [2.05, 4.69) is 18.7 Å². The zero-order valence-corrected chi connectivity index (χ0v) is 12.3. The van der Waals surface area contributed by atoms with Crippen LogP contribution in [0.2, 0.25) is 0 Å². The molecule has 4 atom stereocenters. The Balaban J connectivity index is 2.10. The van der Waals surface area contributed by atoms with Gasteiger partial charge in [-0.15, -0.1) is 0 Å². The van der Waals surface area contributed by atoms with E-state index >= 15 is 0 Å². The minimum absolute atomic E-state index is 0.207. The molecule has 2 fully saturated rings. The zero-order valence-electron chi connectivity index (χ0n) is 12.3. The topological polar surface area (TPSA) is 38.5 Å². The molecule has 1 saturated carbocycles. The van der Waals surface area contributed by atoms with Crippen LogP contribution in [-0.4, -0.2) is 42.8 Å². The van der Waals surface area contributed by atoms with Gasteiger partial charge in [-0.3, -0.25) is 4.90 Å². The van der Waals surface area contributed by atoms with E-state index in [1.807, 2.05) is 7.11 Å². The molecule has 2 aliphatic rings. The van der Waals surface area contributed by atoms with Crippen molar-refractivity contribution in [2.75, 3.05) is 20.2 Å². The Labute approximate surface area is 112 Å². The van der Waals surface area contributed by atoms with Crippen molar-refractivity contribution in [2.24, 2.45) is 11.7 Å². The third kappa shape index (κ3) is 2.73. The minimum Gasteiger partial charge on any atom is -0.381 e. The van der Waals surface area contributed by atoms with Gasteiger partial charge in [-0.2, -0.15) is 0 Å². The van der Waals surface area contributed by atoms with Gasteiger partial charge in [0.25, 0.3) is 0 Å². The molecule has 2 N–H and O–H groups in total. The van der Waals surface area contributed by atoms with Crippen molar-refractivity contribution in [3.8, 4) is 0 Å². The Bertz CT molecular complexity index is 271. The van der Waals surface area contributed by atoms with Crippen LogP contribution in [0.3, 0.4) is 0 Å². The van der Waals surface area contributed by atoms with Gasteiger partial charge in [0, 0.05) is 25.2 Å². The van der Waals surface area contributed by atoms with Crippen LogP contribution in [0.15, 0.2) is 0 Å². The van der Waals surface area contributed by atoms with E-state index in [4.69, 9.17) is 10.5 Å². The van der Waals surface area contributed by atoms with Gasteiger partial charge >= 0.3 is 0 Å². The molecule has 4 unspecified atom stereocenters. The molecule has 1 heterocycles.